The SMILES string of the molecule is COc1ccc(C2c3cccn3-c3sc4c(c3CN2C(=O)Nc2cccc(Cl)c2C)CCCC4)cc1. The summed E-state index contributed by atoms with van der Waals surface area (Å²) in [7, 11) is 1.67. The molecule has 7 heteroatoms. The molecule has 2 aliphatic rings. The Morgan fingerprint density at radius 3 is 2.67 bits per heavy atom. The summed E-state index contributed by atoms with van der Waals surface area (Å²) in [6, 6.07) is 17.5. The van der Waals surface area contributed by atoms with E-state index in [-0.39, 0.29) is 12.1 Å². The second kappa shape index (κ2) is 9.34. The third kappa shape index (κ3) is 3.89. The smallest absolute Gasteiger partial charge is 0.322 e. The average Bonchev–Trinajstić information content (AvgIpc) is 3.49. The van der Waals surface area contributed by atoms with E-state index in [0.717, 1.165) is 41.1 Å². The van der Waals surface area contributed by atoms with Crippen molar-refractivity contribution in [3.8, 4) is 10.8 Å². The lowest BCUT2D eigenvalue weighted by molar-refractivity contribution is 0.194. The van der Waals surface area contributed by atoms with Crippen molar-refractivity contribution in [1.82, 2.24) is 9.47 Å². The Hall–Kier alpha value is -3.22. The molecule has 0 radical (unpaired) electrons. The van der Waals surface area contributed by atoms with Crippen molar-refractivity contribution in [2.75, 3.05) is 12.4 Å². The number of aromatic nitrogens is 1. The molecule has 5 nitrogen and oxygen atoms in total. The van der Waals surface area contributed by atoms with Gasteiger partial charge in [0.15, 0.2) is 0 Å². The van der Waals surface area contributed by atoms with Gasteiger partial charge in [-0.25, -0.2) is 4.79 Å². The summed E-state index contributed by atoms with van der Waals surface area (Å²) in [5.41, 5.74) is 6.43. The van der Waals surface area contributed by atoms with Gasteiger partial charge in [0.05, 0.1) is 25.4 Å². The van der Waals surface area contributed by atoms with E-state index >= 15 is 0 Å². The van der Waals surface area contributed by atoms with E-state index in [1.807, 2.05) is 53.5 Å². The van der Waals surface area contributed by atoms with E-state index in [1.165, 1.54) is 33.8 Å². The number of nitrogens with one attached hydrogen (secondary N) is 1. The zero-order valence-electron chi connectivity index (χ0n) is 20.4. The van der Waals surface area contributed by atoms with Gasteiger partial charge in [-0.2, -0.15) is 0 Å². The molecule has 0 spiro atoms. The highest BCUT2D eigenvalue weighted by Crippen LogP contribution is 2.44. The number of urea groups is 1. The van der Waals surface area contributed by atoms with Crippen molar-refractivity contribution in [3.63, 3.8) is 0 Å². The summed E-state index contributed by atoms with van der Waals surface area (Å²) < 4.78 is 7.70. The molecule has 0 saturated carbocycles. The number of benzene rings is 2. The van der Waals surface area contributed by atoms with Gasteiger partial charge in [0.25, 0.3) is 0 Å². The van der Waals surface area contributed by atoms with Crippen molar-refractivity contribution in [3.05, 3.63) is 98.6 Å². The highest BCUT2D eigenvalue weighted by molar-refractivity contribution is 7.15. The maximum Gasteiger partial charge on any atom is 0.322 e. The van der Waals surface area contributed by atoms with Crippen LogP contribution >= 0.6 is 22.9 Å². The Labute approximate surface area is 220 Å². The Morgan fingerprint density at radius 2 is 1.86 bits per heavy atom. The number of amides is 2. The Balaban J connectivity index is 1.49. The summed E-state index contributed by atoms with van der Waals surface area (Å²) in [6.07, 6.45) is 6.77. The lowest BCUT2D eigenvalue weighted by Crippen LogP contribution is -2.38. The second-order valence-electron chi connectivity index (χ2n) is 9.44. The fraction of sp³-hybridized carbons (Fsp3) is 0.276. The number of carbonyl (C=O) groups is 1. The number of carbonyl (C=O) groups excluding carboxylic acids is 1. The van der Waals surface area contributed by atoms with Crippen molar-refractivity contribution in [1.29, 1.82) is 0 Å². The van der Waals surface area contributed by atoms with Crippen LogP contribution in [0.25, 0.3) is 5.00 Å². The molecule has 2 aromatic heterocycles. The summed E-state index contributed by atoms with van der Waals surface area (Å²) in [5, 5.41) is 5.05. The molecule has 3 heterocycles. The van der Waals surface area contributed by atoms with Crippen LogP contribution in [-0.2, 0) is 19.4 Å². The van der Waals surface area contributed by atoms with Gasteiger partial charge in [-0.1, -0.05) is 29.8 Å². The lowest BCUT2D eigenvalue weighted by Gasteiger charge is -2.31. The van der Waals surface area contributed by atoms with Crippen LogP contribution in [0.2, 0.25) is 5.02 Å². The fourth-order valence-corrected chi connectivity index (χ4v) is 7.03. The monoisotopic (exact) mass is 517 g/mol. The van der Waals surface area contributed by atoms with Crippen molar-refractivity contribution < 1.29 is 9.53 Å². The van der Waals surface area contributed by atoms with Crippen molar-refractivity contribution in [2.24, 2.45) is 0 Å². The van der Waals surface area contributed by atoms with E-state index in [4.69, 9.17) is 16.3 Å². The maximum atomic E-state index is 14.1. The van der Waals surface area contributed by atoms with Crippen LogP contribution in [0.1, 0.15) is 51.7 Å². The average molecular weight is 518 g/mol. The first-order chi connectivity index (χ1) is 17.5. The number of anilines is 1. The summed E-state index contributed by atoms with van der Waals surface area (Å²) in [6.45, 7) is 2.48. The van der Waals surface area contributed by atoms with Gasteiger partial charge in [-0.05, 0) is 85.7 Å². The molecule has 1 unspecified atom stereocenters. The predicted octanol–water partition coefficient (Wildman–Crippen LogP) is 7.53. The highest BCUT2D eigenvalue weighted by Gasteiger charge is 2.36. The standard InChI is InChI=1S/C29H28ClN3O2S/c1-18-23(30)8-5-9-24(18)31-29(34)33-17-22-21-7-3-4-11-26(21)36-28(22)32-16-6-10-25(32)27(33)19-12-14-20(35-2)15-13-19/h5-6,8-10,12-16,27H,3-4,7,11,17H2,1-2H3,(H,31,34). The maximum absolute atomic E-state index is 14.1. The van der Waals surface area contributed by atoms with Crippen LogP contribution in [0.4, 0.5) is 10.5 Å². The zero-order chi connectivity index (χ0) is 24.8. The van der Waals surface area contributed by atoms with Crippen LogP contribution in [0.3, 0.4) is 0 Å². The highest BCUT2D eigenvalue weighted by atomic mass is 35.5. The number of halogens is 1. The van der Waals surface area contributed by atoms with Crippen molar-refractivity contribution >= 4 is 34.7 Å². The molecule has 2 aromatic carbocycles. The number of hydrogen-bond donors (Lipinski definition) is 1. The molecule has 4 aromatic rings. The number of thiophene rings is 1. The van der Waals surface area contributed by atoms with E-state index in [9.17, 15) is 4.79 Å². The summed E-state index contributed by atoms with van der Waals surface area (Å²) >= 11 is 8.26. The normalized spacial score (nSPS) is 16.5. The zero-order valence-corrected chi connectivity index (χ0v) is 22.0. The summed E-state index contributed by atoms with van der Waals surface area (Å²) in [5.74, 6) is 0.793. The van der Waals surface area contributed by atoms with Crippen LogP contribution in [-0.4, -0.2) is 22.6 Å². The Morgan fingerprint density at radius 1 is 1.06 bits per heavy atom. The fourth-order valence-electron chi connectivity index (χ4n) is 5.45. The van der Waals surface area contributed by atoms with Crippen LogP contribution < -0.4 is 10.1 Å². The minimum absolute atomic E-state index is 0.141. The quantitative estimate of drug-likeness (QED) is 0.305. The largest absolute Gasteiger partial charge is 0.497 e. The predicted molar refractivity (Wildman–Crippen MR) is 146 cm³/mol. The minimum Gasteiger partial charge on any atom is -0.497 e. The molecule has 1 N–H and O–H groups in total. The molecule has 0 bridgehead atoms. The number of ether oxygens (including phenoxy) is 1. The molecule has 6 rings (SSSR count). The van der Waals surface area contributed by atoms with E-state index in [2.05, 4.69) is 40.3 Å². The number of hydrogen-bond acceptors (Lipinski definition) is 3. The third-order valence-corrected chi connectivity index (χ3v) is 9.12. The molecule has 1 aliphatic carbocycles. The van der Waals surface area contributed by atoms with Crippen molar-refractivity contribution in [2.45, 2.75) is 45.2 Å². The topological polar surface area (TPSA) is 46.5 Å². The van der Waals surface area contributed by atoms with Crippen LogP contribution in [0.5, 0.6) is 5.75 Å². The van der Waals surface area contributed by atoms with Crippen LogP contribution in [0, 0.1) is 6.92 Å². The number of methoxy groups -OCH3 is 1. The summed E-state index contributed by atoms with van der Waals surface area (Å²) in [4.78, 5) is 17.5. The van der Waals surface area contributed by atoms with Gasteiger partial charge in [-0.15, -0.1) is 11.3 Å². The first-order valence-corrected chi connectivity index (χ1v) is 13.5. The molecule has 0 fully saturated rings. The Kier molecular flexibility index (Phi) is 6.02. The molecular weight excluding hydrogens is 490 g/mol. The molecule has 184 valence electrons. The molecule has 1 aliphatic heterocycles. The lowest BCUT2D eigenvalue weighted by atomic mass is 9.95. The number of fused-ring (bicyclic) bond motifs is 5. The first-order valence-electron chi connectivity index (χ1n) is 12.3. The molecule has 2 amide bonds. The molecule has 0 saturated heterocycles. The van der Waals surface area contributed by atoms with E-state index < -0.39 is 0 Å². The third-order valence-electron chi connectivity index (χ3n) is 7.38. The van der Waals surface area contributed by atoms with Gasteiger partial charge in [-0.3, -0.25) is 0 Å². The van der Waals surface area contributed by atoms with Gasteiger partial charge < -0.3 is 19.5 Å². The van der Waals surface area contributed by atoms with Gasteiger partial charge >= 0.3 is 6.03 Å². The second-order valence-corrected chi connectivity index (χ2v) is 10.9. The van der Waals surface area contributed by atoms with Crippen LogP contribution in [0.15, 0.2) is 60.8 Å². The van der Waals surface area contributed by atoms with E-state index in [0.29, 0.717) is 11.6 Å². The first kappa shape index (κ1) is 23.2. The number of aryl methyl sites for hydroxylation is 1. The van der Waals surface area contributed by atoms with Gasteiger partial charge in [0, 0.05) is 27.3 Å². The minimum atomic E-state index is -0.260. The van der Waals surface area contributed by atoms with Gasteiger partial charge in [0.1, 0.15) is 10.8 Å². The number of nitrogens with zero attached hydrogens (tertiary/aromatic N) is 2. The number of rotatable bonds is 3. The molecule has 1 atom stereocenters. The van der Waals surface area contributed by atoms with E-state index in [1.54, 1.807) is 7.11 Å². The van der Waals surface area contributed by atoms with Gasteiger partial charge in [0.2, 0.25) is 0 Å². The molecular formula is C29H28ClN3O2S. The molecule has 36 heavy (non-hydrogen) atoms. The Bertz CT molecular complexity index is 1440.